The smallest absolute Gasteiger partial charge is 0.111 e. The molecule has 3 heteroatoms. The molecule has 0 aliphatic heterocycles. The van der Waals surface area contributed by atoms with Crippen molar-refractivity contribution < 1.29 is 5.11 Å². The number of allylic oxidation sites excluding steroid dienone is 1. The lowest BCUT2D eigenvalue weighted by Crippen LogP contribution is -2.16. The average Bonchev–Trinajstić information content (AvgIpc) is 2.78. The number of aliphatic hydroxyl groups excluding tert-OH is 1. The Kier molecular flexibility index (Phi) is 5.00. The second kappa shape index (κ2) is 6.74. The second-order valence-corrected chi connectivity index (χ2v) is 5.21. The third kappa shape index (κ3) is 3.70. The SMILES string of the molecule is CCCn1ccnc1CC(O)CC1=CCCCC1. The Morgan fingerprint density at radius 1 is 1.39 bits per heavy atom. The van der Waals surface area contributed by atoms with E-state index >= 15 is 0 Å². The molecule has 1 N–H and O–H groups in total. The molecule has 1 aliphatic carbocycles. The fourth-order valence-corrected chi connectivity index (χ4v) is 2.65. The third-order valence-corrected chi connectivity index (χ3v) is 3.57. The van der Waals surface area contributed by atoms with Gasteiger partial charge in [0.25, 0.3) is 0 Å². The van der Waals surface area contributed by atoms with Crippen LogP contribution in [-0.2, 0) is 13.0 Å². The van der Waals surface area contributed by atoms with E-state index in [9.17, 15) is 5.11 Å². The molecule has 1 heterocycles. The van der Waals surface area contributed by atoms with Crippen molar-refractivity contribution in [2.24, 2.45) is 0 Å². The lowest BCUT2D eigenvalue weighted by molar-refractivity contribution is 0.169. The Morgan fingerprint density at radius 3 is 3.00 bits per heavy atom. The predicted molar refractivity (Wildman–Crippen MR) is 73.4 cm³/mol. The summed E-state index contributed by atoms with van der Waals surface area (Å²) in [5, 5.41) is 10.2. The van der Waals surface area contributed by atoms with Crippen LogP contribution in [0.2, 0.25) is 0 Å². The van der Waals surface area contributed by atoms with E-state index in [4.69, 9.17) is 0 Å². The molecule has 0 saturated carbocycles. The maximum absolute atomic E-state index is 10.2. The van der Waals surface area contributed by atoms with Gasteiger partial charge in [-0.3, -0.25) is 0 Å². The molecular weight excluding hydrogens is 224 g/mol. The van der Waals surface area contributed by atoms with E-state index in [0.717, 1.165) is 25.2 Å². The van der Waals surface area contributed by atoms with E-state index in [1.807, 2.05) is 12.4 Å². The van der Waals surface area contributed by atoms with Gasteiger partial charge in [-0.05, 0) is 38.5 Å². The number of aryl methyl sites for hydroxylation is 1. The van der Waals surface area contributed by atoms with Gasteiger partial charge in [-0.2, -0.15) is 0 Å². The van der Waals surface area contributed by atoms with Crippen LogP contribution in [0, 0.1) is 0 Å². The number of imidazole rings is 1. The quantitative estimate of drug-likeness (QED) is 0.786. The van der Waals surface area contributed by atoms with Crippen molar-refractivity contribution in [3.05, 3.63) is 29.9 Å². The molecular formula is C15H24N2O. The van der Waals surface area contributed by atoms with E-state index in [-0.39, 0.29) is 6.10 Å². The van der Waals surface area contributed by atoms with E-state index in [0.29, 0.717) is 6.42 Å². The highest BCUT2D eigenvalue weighted by molar-refractivity contribution is 5.07. The van der Waals surface area contributed by atoms with Crippen LogP contribution in [0.4, 0.5) is 0 Å². The summed E-state index contributed by atoms with van der Waals surface area (Å²) in [7, 11) is 0. The van der Waals surface area contributed by atoms with Gasteiger partial charge < -0.3 is 9.67 Å². The predicted octanol–water partition coefficient (Wildman–Crippen LogP) is 3.09. The van der Waals surface area contributed by atoms with Crippen LogP contribution in [0.15, 0.2) is 24.0 Å². The largest absolute Gasteiger partial charge is 0.392 e. The van der Waals surface area contributed by atoms with Crippen LogP contribution >= 0.6 is 0 Å². The zero-order valence-corrected chi connectivity index (χ0v) is 11.3. The summed E-state index contributed by atoms with van der Waals surface area (Å²) >= 11 is 0. The molecule has 3 nitrogen and oxygen atoms in total. The first-order chi connectivity index (χ1) is 8.79. The van der Waals surface area contributed by atoms with E-state index < -0.39 is 0 Å². The minimum atomic E-state index is -0.285. The summed E-state index contributed by atoms with van der Waals surface area (Å²) in [5.74, 6) is 1.01. The number of nitrogens with zero attached hydrogens (tertiary/aromatic N) is 2. The summed E-state index contributed by atoms with van der Waals surface area (Å²) in [6.07, 6.45) is 13.4. The van der Waals surface area contributed by atoms with Gasteiger partial charge in [0.2, 0.25) is 0 Å². The van der Waals surface area contributed by atoms with E-state index in [1.54, 1.807) is 0 Å². The molecule has 1 aliphatic rings. The van der Waals surface area contributed by atoms with Crippen molar-refractivity contribution in [3.63, 3.8) is 0 Å². The summed E-state index contributed by atoms with van der Waals surface area (Å²) in [6.45, 7) is 3.15. The molecule has 1 aromatic rings. The monoisotopic (exact) mass is 248 g/mol. The highest BCUT2D eigenvalue weighted by Crippen LogP contribution is 2.22. The lowest BCUT2D eigenvalue weighted by Gasteiger charge is -2.17. The molecule has 1 unspecified atom stereocenters. The highest BCUT2D eigenvalue weighted by atomic mass is 16.3. The van der Waals surface area contributed by atoms with Gasteiger partial charge in [0.05, 0.1) is 6.10 Å². The highest BCUT2D eigenvalue weighted by Gasteiger charge is 2.13. The van der Waals surface area contributed by atoms with Gasteiger partial charge in [-0.25, -0.2) is 4.98 Å². The maximum atomic E-state index is 10.2. The topological polar surface area (TPSA) is 38.0 Å². The number of aliphatic hydroxyl groups is 1. The zero-order valence-electron chi connectivity index (χ0n) is 11.3. The normalized spacial score (nSPS) is 17.6. The third-order valence-electron chi connectivity index (χ3n) is 3.57. The van der Waals surface area contributed by atoms with Gasteiger partial charge in [-0.1, -0.05) is 18.6 Å². The molecule has 0 saturated heterocycles. The molecule has 1 aromatic heterocycles. The molecule has 0 amide bonds. The molecule has 100 valence electrons. The van der Waals surface area contributed by atoms with Gasteiger partial charge in [0.15, 0.2) is 0 Å². The van der Waals surface area contributed by atoms with Crippen LogP contribution in [0.1, 0.15) is 51.3 Å². The van der Waals surface area contributed by atoms with Gasteiger partial charge in [0.1, 0.15) is 5.82 Å². The minimum Gasteiger partial charge on any atom is -0.392 e. The molecule has 1 atom stereocenters. The average molecular weight is 248 g/mol. The van der Waals surface area contributed by atoms with Gasteiger partial charge in [0, 0.05) is 25.4 Å². The number of hydrogen-bond donors (Lipinski definition) is 1. The zero-order chi connectivity index (χ0) is 12.8. The molecule has 0 bridgehead atoms. The van der Waals surface area contributed by atoms with Gasteiger partial charge >= 0.3 is 0 Å². The van der Waals surface area contributed by atoms with Crippen molar-refractivity contribution in [1.29, 1.82) is 0 Å². The fraction of sp³-hybridized carbons (Fsp3) is 0.667. The Morgan fingerprint density at radius 2 is 2.28 bits per heavy atom. The van der Waals surface area contributed by atoms with Crippen molar-refractivity contribution in [3.8, 4) is 0 Å². The minimum absolute atomic E-state index is 0.285. The van der Waals surface area contributed by atoms with Crippen LogP contribution in [0.25, 0.3) is 0 Å². The Bertz CT molecular complexity index is 395. The maximum Gasteiger partial charge on any atom is 0.111 e. The summed E-state index contributed by atoms with van der Waals surface area (Å²) in [5.41, 5.74) is 1.43. The number of hydrogen-bond acceptors (Lipinski definition) is 2. The first-order valence-electron chi connectivity index (χ1n) is 7.15. The van der Waals surface area contributed by atoms with Crippen LogP contribution < -0.4 is 0 Å². The van der Waals surface area contributed by atoms with Crippen molar-refractivity contribution in [2.45, 2.75) is 64.5 Å². The van der Waals surface area contributed by atoms with Crippen molar-refractivity contribution in [1.82, 2.24) is 9.55 Å². The van der Waals surface area contributed by atoms with Crippen LogP contribution in [0.3, 0.4) is 0 Å². The van der Waals surface area contributed by atoms with E-state index in [2.05, 4.69) is 22.6 Å². The molecule has 0 fully saturated rings. The first kappa shape index (κ1) is 13.3. The van der Waals surface area contributed by atoms with Crippen LogP contribution in [-0.4, -0.2) is 20.8 Å². The van der Waals surface area contributed by atoms with Gasteiger partial charge in [-0.15, -0.1) is 0 Å². The molecule has 0 radical (unpaired) electrons. The first-order valence-corrected chi connectivity index (χ1v) is 7.15. The standard InChI is InChI=1S/C15H24N2O/c1-2-9-17-10-8-16-15(17)12-14(18)11-13-6-4-3-5-7-13/h6,8,10,14,18H,2-5,7,9,11-12H2,1H3. The Labute approximate surface area is 110 Å². The molecule has 2 rings (SSSR count). The number of aromatic nitrogens is 2. The van der Waals surface area contributed by atoms with Crippen molar-refractivity contribution >= 4 is 0 Å². The fourth-order valence-electron chi connectivity index (χ4n) is 2.65. The molecule has 18 heavy (non-hydrogen) atoms. The lowest BCUT2D eigenvalue weighted by atomic mass is 9.94. The summed E-state index contributed by atoms with van der Waals surface area (Å²) in [4.78, 5) is 4.35. The Balaban J connectivity index is 1.88. The summed E-state index contributed by atoms with van der Waals surface area (Å²) in [6, 6.07) is 0. The van der Waals surface area contributed by atoms with Crippen molar-refractivity contribution in [2.75, 3.05) is 0 Å². The summed E-state index contributed by atoms with van der Waals surface area (Å²) < 4.78 is 2.15. The second-order valence-electron chi connectivity index (χ2n) is 5.21. The Hall–Kier alpha value is -1.09. The molecule has 0 spiro atoms. The van der Waals surface area contributed by atoms with E-state index in [1.165, 1.54) is 31.3 Å². The number of rotatable bonds is 6. The van der Waals surface area contributed by atoms with Crippen LogP contribution in [0.5, 0.6) is 0 Å². The molecule has 0 aromatic carbocycles.